The van der Waals surface area contributed by atoms with Crippen LogP contribution in [0.15, 0.2) is 18.2 Å². The maximum absolute atomic E-state index is 13.1. The summed E-state index contributed by atoms with van der Waals surface area (Å²) in [6.45, 7) is 1.76. The maximum atomic E-state index is 13.1. The molecule has 1 aliphatic carbocycles. The second kappa shape index (κ2) is 2.81. The van der Waals surface area contributed by atoms with Crippen molar-refractivity contribution in [3.8, 4) is 0 Å². The third-order valence-electron chi connectivity index (χ3n) is 2.73. The van der Waals surface area contributed by atoms with Gasteiger partial charge in [0.2, 0.25) is 0 Å². The zero-order valence-electron chi connectivity index (χ0n) is 7.68. The van der Waals surface area contributed by atoms with Gasteiger partial charge in [0, 0.05) is 6.42 Å². The van der Waals surface area contributed by atoms with E-state index in [0.717, 1.165) is 18.4 Å². The first kappa shape index (κ1) is 8.70. The van der Waals surface area contributed by atoms with Gasteiger partial charge in [0.05, 0.1) is 5.60 Å². The van der Waals surface area contributed by atoms with Crippen LogP contribution in [-0.4, -0.2) is 10.7 Å². The van der Waals surface area contributed by atoms with Crippen LogP contribution >= 0.6 is 0 Å². The molecule has 1 aromatic carbocycles. The van der Waals surface area contributed by atoms with Crippen molar-refractivity contribution in [1.29, 1.82) is 0 Å². The number of aliphatic hydroxyl groups is 1. The summed E-state index contributed by atoms with van der Waals surface area (Å²) >= 11 is 0. The lowest BCUT2D eigenvalue weighted by Crippen LogP contribution is -2.12. The fourth-order valence-corrected chi connectivity index (χ4v) is 1.52. The van der Waals surface area contributed by atoms with Crippen LogP contribution in [0.25, 0.3) is 0 Å². The minimum absolute atomic E-state index is 0.179. The van der Waals surface area contributed by atoms with E-state index in [1.54, 1.807) is 13.0 Å². The highest BCUT2D eigenvalue weighted by Gasteiger charge is 2.40. The van der Waals surface area contributed by atoms with Crippen LogP contribution in [0.1, 0.15) is 24.0 Å². The first-order chi connectivity index (χ1) is 6.11. The lowest BCUT2D eigenvalue weighted by Gasteiger charge is -2.10. The first-order valence-electron chi connectivity index (χ1n) is 4.57. The minimum Gasteiger partial charge on any atom is -0.390 e. The van der Waals surface area contributed by atoms with E-state index < -0.39 is 5.60 Å². The van der Waals surface area contributed by atoms with Crippen LogP contribution in [0, 0.1) is 12.7 Å². The fraction of sp³-hybridized carbons (Fsp3) is 0.455. The predicted molar refractivity (Wildman–Crippen MR) is 49.0 cm³/mol. The smallest absolute Gasteiger partial charge is 0.126 e. The Bertz CT molecular complexity index is 329. The summed E-state index contributed by atoms with van der Waals surface area (Å²) in [5.41, 5.74) is 1.07. The molecule has 0 radical (unpaired) electrons. The molecule has 70 valence electrons. The standard InChI is InChI=1S/C11H13FO/c1-8-9(3-2-4-10(8)12)7-11(13)5-6-11/h2-4,13H,5-7H2,1H3. The average Bonchev–Trinajstić information content (AvgIpc) is 2.78. The van der Waals surface area contributed by atoms with Crippen LogP contribution in [0.2, 0.25) is 0 Å². The van der Waals surface area contributed by atoms with Crippen LogP contribution in [0.5, 0.6) is 0 Å². The lowest BCUT2D eigenvalue weighted by molar-refractivity contribution is 0.150. The molecule has 1 nitrogen and oxygen atoms in total. The average molecular weight is 180 g/mol. The van der Waals surface area contributed by atoms with E-state index >= 15 is 0 Å². The molecule has 0 amide bonds. The highest BCUT2D eigenvalue weighted by Crippen LogP contribution is 2.38. The molecule has 1 aliphatic rings. The second-order valence-corrected chi connectivity index (χ2v) is 3.93. The molecule has 2 heteroatoms. The summed E-state index contributed by atoms with van der Waals surface area (Å²) in [7, 11) is 0. The molecular weight excluding hydrogens is 167 g/mol. The van der Waals surface area contributed by atoms with Gasteiger partial charge in [-0.1, -0.05) is 12.1 Å². The molecule has 2 rings (SSSR count). The minimum atomic E-state index is -0.529. The van der Waals surface area contributed by atoms with Crippen LogP contribution < -0.4 is 0 Å². The normalized spacial score (nSPS) is 18.7. The number of halogens is 1. The van der Waals surface area contributed by atoms with E-state index in [0.29, 0.717) is 12.0 Å². The molecule has 0 aliphatic heterocycles. The number of benzene rings is 1. The maximum Gasteiger partial charge on any atom is 0.126 e. The van der Waals surface area contributed by atoms with Gasteiger partial charge in [-0.25, -0.2) is 4.39 Å². The molecule has 0 unspecified atom stereocenters. The fourth-order valence-electron chi connectivity index (χ4n) is 1.52. The molecule has 1 saturated carbocycles. The molecule has 0 atom stereocenters. The molecule has 0 heterocycles. The van der Waals surface area contributed by atoms with Crippen molar-refractivity contribution in [2.24, 2.45) is 0 Å². The summed E-state index contributed by atoms with van der Waals surface area (Å²) in [6, 6.07) is 5.04. The van der Waals surface area contributed by atoms with Gasteiger partial charge in [0.15, 0.2) is 0 Å². The van der Waals surface area contributed by atoms with Crippen molar-refractivity contribution in [2.75, 3.05) is 0 Å². The van der Waals surface area contributed by atoms with Gasteiger partial charge >= 0.3 is 0 Å². The number of hydrogen-bond acceptors (Lipinski definition) is 1. The molecule has 0 spiro atoms. The second-order valence-electron chi connectivity index (χ2n) is 3.93. The van der Waals surface area contributed by atoms with Crippen molar-refractivity contribution in [1.82, 2.24) is 0 Å². The van der Waals surface area contributed by atoms with Crippen molar-refractivity contribution < 1.29 is 9.50 Å². The van der Waals surface area contributed by atoms with E-state index in [1.165, 1.54) is 6.07 Å². The summed E-state index contributed by atoms with van der Waals surface area (Å²) in [6.07, 6.45) is 2.29. The van der Waals surface area contributed by atoms with Gasteiger partial charge in [0.1, 0.15) is 5.82 Å². The molecule has 0 bridgehead atoms. The number of rotatable bonds is 2. The van der Waals surface area contributed by atoms with Crippen LogP contribution in [-0.2, 0) is 6.42 Å². The summed E-state index contributed by atoms with van der Waals surface area (Å²) in [5, 5.41) is 9.68. The Balaban J connectivity index is 2.25. The van der Waals surface area contributed by atoms with E-state index in [-0.39, 0.29) is 5.82 Å². The van der Waals surface area contributed by atoms with Gasteiger partial charge in [-0.15, -0.1) is 0 Å². The Morgan fingerprint density at radius 2 is 2.15 bits per heavy atom. The zero-order chi connectivity index (χ0) is 9.47. The third-order valence-corrected chi connectivity index (χ3v) is 2.73. The van der Waals surface area contributed by atoms with E-state index in [9.17, 15) is 9.50 Å². The Hall–Kier alpha value is -0.890. The van der Waals surface area contributed by atoms with Gasteiger partial charge in [-0.2, -0.15) is 0 Å². The monoisotopic (exact) mass is 180 g/mol. The zero-order valence-corrected chi connectivity index (χ0v) is 7.68. The van der Waals surface area contributed by atoms with Crippen LogP contribution in [0.4, 0.5) is 4.39 Å². The quantitative estimate of drug-likeness (QED) is 0.739. The van der Waals surface area contributed by atoms with E-state index in [4.69, 9.17) is 0 Å². The number of hydrogen-bond donors (Lipinski definition) is 1. The largest absolute Gasteiger partial charge is 0.390 e. The topological polar surface area (TPSA) is 20.2 Å². The van der Waals surface area contributed by atoms with E-state index in [2.05, 4.69) is 0 Å². The summed E-state index contributed by atoms with van der Waals surface area (Å²) < 4.78 is 13.1. The Kier molecular flexibility index (Phi) is 1.88. The third kappa shape index (κ3) is 1.73. The SMILES string of the molecule is Cc1c(F)cccc1CC1(O)CC1. The highest BCUT2D eigenvalue weighted by molar-refractivity contribution is 5.29. The first-order valence-corrected chi connectivity index (χ1v) is 4.57. The van der Waals surface area contributed by atoms with E-state index in [1.807, 2.05) is 6.07 Å². The lowest BCUT2D eigenvalue weighted by atomic mass is 10.0. The molecular formula is C11H13FO. The molecule has 1 aromatic rings. The molecule has 0 aromatic heterocycles. The van der Waals surface area contributed by atoms with Crippen molar-refractivity contribution in [3.05, 3.63) is 35.1 Å². The Morgan fingerprint density at radius 1 is 1.46 bits per heavy atom. The molecule has 0 saturated heterocycles. The van der Waals surface area contributed by atoms with Crippen molar-refractivity contribution in [2.45, 2.75) is 31.8 Å². The predicted octanol–water partition coefficient (Wildman–Crippen LogP) is 2.20. The highest BCUT2D eigenvalue weighted by atomic mass is 19.1. The van der Waals surface area contributed by atoms with Gasteiger partial charge < -0.3 is 5.11 Å². The van der Waals surface area contributed by atoms with Crippen molar-refractivity contribution in [3.63, 3.8) is 0 Å². The summed E-state index contributed by atoms with van der Waals surface area (Å²) in [4.78, 5) is 0. The summed E-state index contributed by atoms with van der Waals surface area (Å²) in [5.74, 6) is -0.179. The van der Waals surface area contributed by atoms with Gasteiger partial charge in [-0.05, 0) is 37.0 Å². The van der Waals surface area contributed by atoms with Gasteiger partial charge in [-0.3, -0.25) is 0 Å². The molecule has 1 fully saturated rings. The molecule has 13 heavy (non-hydrogen) atoms. The van der Waals surface area contributed by atoms with Crippen molar-refractivity contribution >= 4 is 0 Å². The van der Waals surface area contributed by atoms with Gasteiger partial charge in [0.25, 0.3) is 0 Å². The Morgan fingerprint density at radius 3 is 2.77 bits per heavy atom. The Labute approximate surface area is 77.2 Å². The van der Waals surface area contributed by atoms with Crippen LogP contribution in [0.3, 0.4) is 0 Å². The molecule has 1 N–H and O–H groups in total.